The lowest BCUT2D eigenvalue weighted by atomic mass is 9.89. The summed E-state index contributed by atoms with van der Waals surface area (Å²) < 4.78 is 16.4. The molecule has 2 aliphatic heterocycles. The molecule has 1 aromatic carbocycles. The summed E-state index contributed by atoms with van der Waals surface area (Å²) in [5.41, 5.74) is 0.181. The zero-order valence-electron chi connectivity index (χ0n) is 9.69. The molecule has 1 saturated heterocycles. The van der Waals surface area contributed by atoms with Crippen molar-refractivity contribution in [1.29, 1.82) is 0 Å². The van der Waals surface area contributed by atoms with Crippen LogP contribution in [0.2, 0.25) is 0 Å². The summed E-state index contributed by atoms with van der Waals surface area (Å²) in [6.07, 6.45) is 1.18. The number of benzene rings is 1. The molecule has 4 heteroatoms. The molecule has 2 aliphatic rings. The lowest BCUT2D eigenvalue weighted by Crippen LogP contribution is -2.42. The van der Waals surface area contributed by atoms with Crippen molar-refractivity contribution in [3.63, 3.8) is 0 Å². The lowest BCUT2D eigenvalue weighted by molar-refractivity contribution is 0.0305. The van der Waals surface area contributed by atoms with Crippen LogP contribution in [0.15, 0.2) is 18.2 Å². The Morgan fingerprint density at radius 3 is 3.00 bits per heavy atom. The van der Waals surface area contributed by atoms with Gasteiger partial charge in [-0.1, -0.05) is 0 Å². The molecule has 0 amide bonds. The van der Waals surface area contributed by atoms with Gasteiger partial charge in [-0.3, -0.25) is 4.79 Å². The Morgan fingerprint density at radius 1 is 1.41 bits per heavy atom. The standard InChI is InChI=1S/C13H14O4/c1-15-9-2-3-12-10(6-9)11(14)7-13(17-12)4-5-16-8-13/h2-3,6H,4-5,7-8H2,1H3/t13-/m1/s1. The maximum Gasteiger partial charge on any atom is 0.170 e. The van der Waals surface area contributed by atoms with Crippen LogP contribution in [-0.2, 0) is 4.74 Å². The maximum absolute atomic E-state index is 12.1. The van der Waals surface area contributed by atoms with Gasteiger partial charge >= 0.3 is 0 Å². The number of carbonyl (C=O) groups is 1. The maximum atomic E-state index is 12.1. The van der Waals surface area contributed by atoms with Gasteiger partial charge in [0.05, 0.1) is 32.3 Å². The number of ketones is 1. The van der Waals surface area contributed by atoms with Crippen LogP contribution in [-0.4, -0.2) is 31.7 Å². The van der Waals surface area contributed by atoms with Crippen LogP contribution in [0, 0.1) is 0 Å². The summed E-state index contributed by atoms with van der Waals surface area (Å²) in [4.78, 5) is 12.1. The molecule has 0 aromatic heterocycles. The molecule has 90 valence electrons. The molecule has 3 rings (SSSR count). The Morgan fingerprint density at radius 2 is 2.29 bits per heavy atom. The molecule has 1 atom stereocenters. The molecule has 0 unspecified atom stereocenters. The highest BCUT2D eigenvalue weighted by Gasteiger charge is 2.43. The van der Waals surface area contributed by atoms with Crippen LogP contribution < -0.4 is 9.47 Å². The van der Waals surface area contributed by atoms with E-state index in [4.69, 9.17) is 14.2 Å². The van der Waals surface area contributed by atoms with E-state index in [1.807, 2.05) is 0 Å². The topological polar surface area (TPSA) is 44.8 Å². The smallest absolute Gasteiger partial charge is 0.170 e. The first-order valence-corrected chi connectivity index (χ1v) is 5.70. The number of hydrogen-bond acceptors (Lipinski definition) is 4. The first kappa shape index (κ1) is 10.6. The van der Waals surface area contributed by atoms with Crippen molar-refractivity contribution >= 4 is 5.78 Å². The Kier molecular flexibility index (Phi) is 2.33. The molecule has 0 aliphatic carbocycles. The van der Waals surface area contributed by atoms with Gasteiger partial charge in [-0.2, -0.15) is 0 Å². The number of rotatable bonds is 1. The molecule has 0 radical (unpaired) electrons. The van der Waals surface area contributed by atoms with Gasteiger partial charge < -0.3 is 14.2 Å². The van der Waals surface area contributed by atoms with Crippen molar-refractivity contribution in [2.75, 3.05) is 20.3 Å². The molecule has 0 saturated carbocycles. The van der Waals surface area contributed by atoms with Gasteiger partial charge in [-0.05, 0) is 18.2 Å². The molecule has 0 bridgehead atoms. The predicted octanol–water partition coefficient (Wildman–Crippen LogP) is 1.82. The van der Waals surface area contributed by atoms with Crippen LogP contribution >= 0.6 is 0 Å². The third kappa shape index (κ3) is 1.69. The fraction of sp³-hybridized carbons (Fsp3) is 0.462. The van der Waals surface area contributed by atoms with E-state index in [2.05, 4.69) is 0 Å². The first-order chi connectivity index (χ1) is 8.22. The second-order valence-electron chi connectivity index (χ2n) is 4.55. The van der Waals surface area contributed by atoms with Gasteiger partial charge in [-0.25, -0.2) is 0 Å². The molecule has 1 spiro atoms. The number of hydrogen-bond donors (Lipinski definition) is 0. The van der Waals surface area contributed by atoms with Gasteiger partial charge in [0, 0.05) is 6.42 Å². The van der Waals surface area contributed by atoms with Crippen LogP contribution in [0.25, 0.3) is 0 Å². The quantitative estimate of drug-likeness (QED) is 0.743. The van der Waals surface area contributed by atoms with Crippen LogP contribution in [0.4, 0.5) is 0 Å². The van der Waals surface area contributed by atoms with Crippen molar-refractivity contribution in [3.8, 4) is 11.5 Å². The highest BCUT2D eigenvalue weighted by atomic mass is 16.6. The summed E-state index contributed by atoms with van der Waals surface area (Å²) >= 11 is 0. The number of Topliss-reactive ketones (excluding diaryl/α,β-unsaturated/α-hetero) is 1. The second-order valence-corrected chi connectivity index (χ2v) is 4.55. The minimum atomic E-state index is -0.432. The normalized spacial score (nSPS) is 26.8. The zero-order valence-corrected chi connectivity index (χ0v) is 9.69. The number of carbonyl (C=O) groups excluding carboxylic acids is 1. The minimum Gasteiger partial charge on any atom is -0.497 e. The van der Waals surface area contributed by atoms with E-state index < -0.39 is 5.60 Å². The molecule has 0 N–H and O–H groups in total. The first-order valence-electron chi connectivity index (χ1n) is 5.70. The SMILES string of the molecule is COc1ccc2c(c1)C(=O)C[C@@]1(CCOC1)O2. The summed E-state index contributed by atoms with van der Waals surface area (Å²) in [7, 11) is 1.59. The van der Waals surface area contributed by atoms with Gasteiger partial charge in [0.1, 0.15) is 17.1 Å². The fourth-order valence-electron chi connectivity index (χ4n) is 2.41. The van der Waals surface area contributed by atoms with E-state index in [-0.39, 0.29) is 5.78 Å². The largest absolute Gasteiger partial charge is 0.497 e. The van der Waals surface area contributed by atoms with Crippen LogP contribution in [0.3, 0.4) is 0 Å². The molecule has 1 aromatic rings. The third-order valence-corrected chi connectivity index (χ3v) is 3.36. The van der Waals surface area contributed by atoms with Crippen molar-refractivity contribution in [3.05, 3.63) is 23.8 Å². The summed E-state index contributed by atoms with van der Waals surface area (Å²) in [6.45, 7) is 1.17. The summed E-state index contributed by atoms with van der Waals surface area (Å²) in [5.74, 6) is 1.43. The van der Waals surface area contributed by atoms with E-state index in [9.17, 15) is 4.79 Å². The number of methoxy groups -OCH3 is 1. The Labute approximate surface area is 99.5 Å². The van der Waals surface area contributed by atoms with Crippen LogP contribution in [0.5, 0.6) is 11.5 Å². The highest BCUT2D eigenvalue weighted by Crippen LogP contribution is 2.39. The molecule has 2 heterocycles. The van der Waals surface area contributed by atoms with Crippen molar-refractivity contribution in [1.82, 2.24) is 0 Å². The van der Waals surface area contributed by atoms with E-state index in [1.165, 1.54) is 0 Å². The molecule has 17 heavy (non-hydrogen) atoms. The van der Waals surface area contributed by atoms with Crippen molar-refractivity contribution in [2.24, 2.45) is 0 Å². The second kappa shape index (κ2) is 3.74. The van der Waals surface area contributed by atoms with E-state index in [0.29, 0.717) is 36.7 Å². The van der Waals surface area contributed by atoms with Crippen LogP contribution in [0.1, 0.15) is 23.2 Å². The number of fused-ring (bicyclic) bond motifs is 1. The molecular weight excluding hydrogens is 220 g/mol. The fourth-order valence-corrected chi connectivity index (χ4v) is 2.41. The third-order valence-electron chi connectivity index (χ3n) is 3.36. The number of ether oxygens (including phenoxy) is 3. The van der Waals surface area contributed by atoms with E-state index in [1.54, 1.807) is 25.3 Å². The van der Waals surface area contributed by atoms with E-state index in [0.717, 1.165) is 6.42 Å². The zero-order chi connectivity index (χ0) is 11.9. The average Bonchev–Trinajstić information content (AvgIpc) is 2.77. The Balaban J connectivity index is 1.99. The molecule has 1 fully saturated rings. The van der Waals surface area contributed by atoms with Gasteiger partial charge in [0.15, 0.2) is 5.78 Å². The summed E-state index contributed by atoms with van der Waals surface area (Å²) in [6, 6.07) is 5.34. The van der Waals surface area contributed by atoms with Crippen molar-refractivity contribution < 1.29 is 19.0 Å². The molecular formula is C13H14O4. The van der Waals surface area contributed by atoms with Gasteiger partial charge in [0.25, 0.3) is 0 Å². The van der Waals surface area contributed by atoms with Gasteiger partial charge in [-0.15, -0.1) is 0 Å². The minimum absolute atomic E-state index is 0.107. The Hall–Kier alpha value is -1.55. The summed E-state index contributed by atoms with van der Waals surface area (Å²) in [5, 5.41) is 0. The average molecular weight is 234 g/mol. The highest BCUT2D eigenvalue weighted by molar-refractivity contribution is 6.00. The lowest BCUT2D eigenvalue weighted by Gasteiger charge is -2.33. The molecule has 4 nitrogen and oxygen atoms in total. The van der Waals surface area contributed by atoms with Crippen molar-refractivity contribution in [2.45, 2.75) is 18.4 Å². The van der Waals surface area contributed by atoms with Gasteiger partial charge in [0.2, 0.25) is 0 Å². The van der Waals surface area contributed by atoms with E-state index >= 15 is 0 Å². The predicted molar refractivity (Wildman–Crippen MR) is 60.7 cm³/mol. The Bertz CT molecular complexity index is 460. The monoisotopic (exact) mass is 234 g/mol.